The molecule has 2 heterocycles. The molecule has 0 atom stereocenters. The highest BCUT2D eigenvalue weighted by atomic mass is 35.5. The summed E-state index contributed by atoms with van der Waals surface area (Å²) in [4.78, 5) is 27.5. The number of hydrogen-bond acceptors (Lipinski definition) is 2. The van der Waals surface area contributed by atoms with E-state index < -0.39 is 0 Å². The van der Waals surface area contributed by atoms with E-state index in [1.54, 1.807) is 18.3 Å². The third-order valence-electron chi connectivity index (χ3n) is 4.51. The zero-order valence-corrected chi connectivity index (χ0v) is 14.1. The molecule has 1 saturated heterocycles. The number of halogens is 1. The topological polar surface area (TPSA) is 42.3 Å². The number of rotatable bonds is 2. The van der Waals surface area contributed by atoms with Crippen LogP contribution in [0.25, 0.3) is 10.9 Å². The summed E-state index contributed by atoms with van der Waals surface area (Å²) in [6.45, 7) is 4.16. The Kier molecular flexibility index (Phi) is 4.71. The van der Waals surface area contributed by atoms with Gasteiger partial charge in [-0.25, -0.2) is 0 Å². The van der Waals surface area contributed by atoms with Crippen LogP contribution in [0.4, 0.5) is 0 Å². The minimum absolute atomic E-state index is 0.152. The largest absolute Gasteiger partial charge is 0.347 e. The number of pyridine rings is 1. The highest BCUT2D eigenvalue weighted by Gasteiger charge is 2.22. The normalized spacial score (nSPS) is 15.7. The van der Waals surface area contributed by atoms with E-state index in [2.05, 4.69) is 0 Å². The number of fused-ring (bicyclic) bond motifs is 1. The first kappa shape index (κ1) is 16.1. The van der Waals surface area contributed by atoms with E-state index in [0.29, 0.717) is 17.0 Å². The molecule has 0 unspecified atom stereocenters. The fourth-order valence-corrected chi connectivity index (χ4v) is 3.40. The molecule has 1 aromatic heterocycles. The molecule has 5 heteroatoms. The summed E-state index contributed by atoms with van der Waals surface area (Å²) in [5, 5.41) is 1.02. The van der Waals surface area contributed by atoms with Crippen LogP contribution in [0.3, 0.4) is 0 Å². The Hall–Kier alpha value is -1.81. The van der Waals surface area contributed by atoms with Gasteiger partial charge in [0.15, 0.2) is 0 Å². The summed E-state index contributed by atoms with van der Waals surface area (Å²) >= 11 is 6.04. The van der Waals surface area contributed by atoms with Crippen molar-refractivity contribution in [1.29, 1.82) is 0 Å². The molecule has 2 aromatic rings. The van der Waals surface area contributed by atoms with Crippen LogP contribution >= 0.6 is 11.6 Å². The highest BCUT2D eigenvalue weighted by Crippen LogP contribution is 2.19. The molecule has 0 saturated carbocycles. The van der Waals surface area contributed by atoms with E-state index in [0.717, 1.165) is 44.3 Å². The number of carbonyl (C=O) groups is 1. The summed E-state index contributed by atoms with van der Waals surface area (Å²) in [5.74, 6) is -0.152. The number of likely N-dealkylation sites (tertiary alicyclic amines) is 1. The number of amides is 1. The molecule has 0 N–H and O–H groups in total. The summed E-state index contributed by atoms with van der Waals surface area (Å²) in [6, 6.07) is 5.26. The quantitative estimate of drug-likeness (QED) is 0.841. The molecule has 1 fully saturated rings. The Morgan fingerprint density at radius 3 is 2.52 bits per heavy atom. The molecule has 1 aliphatic heterocycles. The van der Waals surface area contributed by atoms with E-state index in [4.69, 9.17) is 11.6 Å². The maximum atomic E-state index is 12.8. The smallest absolute Gasteiger partial charge is 0.259 e. The highest BCUT2D eigenvalue weighted by molar-refractivity contribution is 6.31. The van der Waals surface area contributed by atoms with Gasteiger partial charge in [-0.2, -0.15) is 0 Å². The first-order valence-corrected chi connectivity index (χ1v) is 8.61. The van der Waals surface area contributed by atoms with Crippen molar-refractivity contribution in [2.75, 3.05) is 13.1 Å². The van der Waals surface area contributed by atoms with Gasteiger partial charge in [0, 0.05) is 36.2 Å². The third-order valence-corrected chi connectivity index (χ3v) is 4.74. The van der Waals surface area contributed by atoms with Crippen LogP contribution in [0.5, 0.6) is 0 Å². The van der Waals surface area contributed by atoms with Crippen molar-refractivity contribution < 1.29 is 4.79 Å². The van der Waals surface area contributed by atoms with Crippen LogP contribution in [0.15, 0.2) is 29.2 Å². The van der Waals surface area contributed by atoms with E-state index in [9.17, 15) is 9.59 Å². The minimum atomic E-state index is -0.221. The SMILES string of the molecule is CCn1cc(C(=O)N2CCCCCC2)c(=O)c2cc(Cl)ccc21. The molecule has 1 aliphatic rings. The van der Waals surface area contributed by atoms with Crippen molar-refractivity contribution in [1.82, 2.24) is 9.47 Å². The van der Waals surface area contributed by atoms with Gasteiger partial charge in [-0.05, 0) is 38.0 Å². The standard InChI is InChI=1S/C18H21ClN2O2/c1-2-20-12-15(18(23)21-9-5-3-4-6-10-21)17(22)14-11-13(19)7-8-16(14)20/h7-8,11-12H,2-6,9-10H2,1H3. The Labute approximate surface area is 140 Å². The molecule has 4 nitrogen and oxygen atoms in total. The van der Waals surface area contributed by atoms with E-state index in [1.807, 2.05) is 22.5 Å². The molecular weight excluding hydrogens is 312 g/mol. The van der Waals surface area contributed by atoms with Gasteiger partial charge in [0.1, 0.15) is 5.56 Å². The fraction of sp³-hybridized carbons (Fsp3) is 0.444. The monoisotopic (exact) mass is 332 g/mol. The van der Waals surface area contributed by atoms with Crippen molar-refractivity contribution in [2.45, 2.75) is 39.2 Å². The second-order valence-corrected chi connectivity index (χ2v) is 6.46. The lowest BCUT2D eigenvalue weighted by Crippen LogP contribution is -2.35. The van der Waals surface area contributed by atoms with Crippen molar-refractivity contribution in [3.05, 3.63) is 45.2 Å². The molecule has 0 bridgehead atoms. The van der Waals surface area contributed by atoms with Crippen LogP contribution in [-0.4, -0.2) is 28.5 Å². The van der Waals surface area contributed by atoms with Crippen molar-refractivity contribution in [2.24, 2.45) is 0 Å². The maximum absolute atomic E-state index is 12.8. The zero-order valence-electron chi connectivity index (χ0n) is 13.3. The van der Waals surface area contributed by atoms with Crippen LogP contribution in [-0.2, 0) is 6.54 Å². The number of nitrogens with zero attached hydrogens (tertiary/aromatic N) is 2. The molecule has 0 spiro atoms. The number of benzene rings is 1. The third kappa shape index (κ3) is 3.13. The lowest BCUT2D eigenvalue weighted by atomic mass is 10.1. The van der Waals surface area contributed by atoms with Crippen LogP contribution < -0.4 is 5.43 Å². The molecule has 23 heavy (non-hydrogen) atoms. The first-order chi connectivity index (χ1) is 11.1. The van der Waals surface area contributed by atoms with Crippen molar-refractivity contribution in [3.63, 3.8) is 0 Å². The molecule has 122 valence electrons. The van der Waals surface area contributed by atoms with Gasteiger partial charge in [-0.1, -0.05) is 24.4 Å². The minimum Gasteiger partial charge on any atom is -0.347 e. The number of aromatic nitrogens is 1. The van der Waals surface area contributed by atoms with Crippen molar-refractivity contribution >= 4 is 28.4 Å². The molecule has 0 aliphatic carbocycles. The zero-order chi connectivity index (χ0) is 16.4. The van der Waals surface area contributed by atoms with E-state index >= 15 is 0 Å². The van der Waals surface area contributed by atoms with Gasteiger partial charge >= 0.3 is 0 Å². The number of aryl methyl sites for hydroxylation is 1. The second kappa shape index (κ2) is 6.75. The van der Waals surface area contributed by atoms with Gasteiger partial charge in [0.05, 0.1) is 5.52 Å². The fourth-order valence-electron chi connectivity index (χ4n) is 3.23. The summed E-state index contributed by atoms with van der Waals surface area (Å²) in [6.07, 6.45) is 6.01. The summed E-state index contributed by atoms with van der Waals surface area (Å²) in [7, 11) is 0. The van der Waals surface area contributed by atoms with Crippen molar-refractivity contribution in [3.8, 4) is 0 Å². The van der Waals surface area contributed by atoms with Crippen LogP contribution in [0.1, 0.15) is 43.0 Å². The van der Waals surface area contributed by atoms with Gasteiger partial charge in [-0.15, -0.1) is 0 Å². The Morgan fingerprint density at radius 2 is 1.87 bits per heavy atom. The number of carbonyl (C=O) groups excluding carboxylic acids is 1. The second-order valence-electron chi connectivity index (χ2n) is 6.03. The lowest BCUT2D eigenvalue weighted by molar-refractivity contribution is 0.0760. The average Bonchev–Trinajstić information content (AvgIpc) is 2.84. The molecule has 1 amide bonds. The van der Waals surface area contributed by atoms with E-state index in [-0.39, 0.29) is 16.9 Å². The van der Waals surface area contributed by atoms with E-state index in [1.165, 1.54) is 0 Å². The molecular formula is C18H21ClN2O2. The average molecular weight is 333 g/mol. The van der Waals surface area contributed by atoms with Gasteiger partial charge in [-0.3, -0.25) is 9.59 Å². The predicted octanol–water partition coefficient (Wildman–Crippen LogP) is 3.69. The Morgan fingerprint density at radius 1 is 1.17 bits per heavy atom. The number of hydrogen-bond donors (Lipinski definition) is 0. The van der Waals surface area contributed by atoms with Crippen LogP contribution in [0.2, 0.25) is 5.02 Å². The maximum Gasteiger partial charge on any atom is 0.259 e. The lowest BCUT2D eigenvalue weighted by Gasteiger charge is -2.21. The van der Waals surface area contributed by atoms with Gasteiger partial charge < -0.3 is 9.47 Å². The van der Waals surface area contributed by atoms with Crippen LogP contribution in [0, 0.1) is 0 Å². The summed E-state index contributed by atoms with van der Waals surface area (Å²) in [5.41, 5.74) is 0.847. The molecule has 3 rings (SSSR count). The first-order valence-electron chi connectivity index (χ1n) is 8.24. The Bertz CT molecular complexity index is 789. The van der Waals surface area contributed by atoms with Gasteiger partial charge in [0.2, 0.25) is 5.43 Å². The Balaban J connectivity index is 2.11. The summed E-state index contributed by atoms with van der Waals surface area (Å²) < 4.78 is 1.94. The molecule has 1 aromatic carbocycles. The predicted molar refractivity (Wildman–Crippen MR) is 93.3 cm³/mol. The van der Waals surface area contributed by atoms with Gasteiger partial charge in [0.25, 0.3) is 5.91 Å². The molecule has 0 radical (unpaired) electrons.